The number of nitrogens with two attached hydrogens (primary N) is 1. The van der Waals surface area contributed by atoms with Gasteiger partial charge in [0.2, 0.25) is 11.8 Å². The molecule has 47 heavy (non-hydrogen) atoms. The van der Waals surface area contributed by atoms with Crippen LogP contribution >= 0.6 is 0 Å². The van der Waals surface area contributed by atoms with Crippen LogP contribution in [0.3, 0.4) is 0 Å². The van der Waals surface area contributed by atoms with E-state index in [0.29, 0.717) is 12.1 Å². The van der Waals surface area contributed by atoms with Gasteiger partial charge >= 0.3 is 17.7 Å². The summed E-state index contributed by atoms with van der Waals surface area (Å²) in [6.45, 7) is 11.9. The number of nitrogens with zero attached hydrogens (tertiary/aromatic N) is 3. The minimum Gasteiger partial charge on any atom is -0.459 e. The lowest BCUT2D eigenvalue weighted by Gasteiger charge is -2.32. The van der Waals surface area contributed by atoms with Crippen LogP contribution in [0.2, 0.25) is 0 Å². The first-order chi connectivity index (χ1) is 22.0. The Morgan fingerprint density at radius 2 is 1.66 bits per heavy atom. The van der Waals surface area contributed by atoms with Crippen LogP contribution in [0.15, 0.2) is 30.5 Å². The molecule has 1 aliphatic rings. The summed E-state index contributed by atoms with van der Waals surface area (Å²) in [7, 11) is 0. The number of benzene rings is 1. The first-order valence-electron chi connectivity index (χ1n) is 15.8. The average Bonchev–Trinajstić information content (AvgIpc) is 2.99. The minimum atomic E-state index is -0.678. The van der Waals surface area contributed by atoms with Gasteiger partial charge in [-0.1, -0.05) is 12.1 Å². The molecule has 0 bridgehead atoms. The first kappa shape index (κ1) is 36.9. The lowest BCUT2D eigenvalue weighted by Crippen LogP contribution is -2.44. The molecule has 1 aromatic carbocycles. The number of hydrogen-bond donors (Lipinski definition) is 5. The SMILES string of the molecule is CC(C)(C)OC(=O)NCCNC(=O)c1cccc(CNc2ncc([N+](=O)[O-])c(NCC3CCC(C(N)C(=O)OC(C)(C)C)CC3)n2)c1. The van der Waals surface area contributed by atoms with Gasteiger partial charge in [0.1, 0.15) is 23.4 Å². The van der Waals surface area contributed by atoms with Crippen molar-refractivity contribution >= 4 is 35.4 Å². The molecule has 1 atom stereocenters. The molecule has 0 spiro atoms. The van der Waals surface area contributed by atoms with E-state index < -0.39 is 34.2 Å². The monoisotopic (exact) mass is 656 g/mol. The highest BCUT2D eigenvalue weighted by Gasteiger charge is 2.32. The molecule has 15 nitrogen and oxygen atoms in total. The fourth-order valence-corrected chi connectivity index (χ4v) is 5.04. The van der Waals surface area contributed by atoms with Crippen LogP contribution in [0.1, 0.15) is 83.1 Å². The number of rotatable bonds is 13. The molecule has 1 fully saturated rings. The molecule has 1 aromatic heterocycles. The van der Waals surface area contributed by atoms with E-state index in [2.05, 4.69) is 31.2 Å². The fourth-order valence-electron chi connectivity index (χ4n) is 5.04. The van der Waals surface area contributed by atoms with Crippen molar-refractivity contribution < 1.29 is 28.8 Å². The van der Waals surface area contributed by atoms with E-state index in [9.17, 15) is 24.5 Å². The number of amides is 2. The third kappa shape index (κ3) is 12.6. The molecule has 6 N–H and O–H groups in total. The first-order valence-corrected chi connectivity index (χ1v) is 15.8. The Hall–Kier alpha value is -4.53. The maximum absolute atomic E-state index is 12.6. The quantitative estimate of drug-likeness (QED) is 0.0891. The smallest absolute Gasteiger partial charge is 0.407 e. The summed E-state index contributed by atoms with van der Waals surface area (Å²) >= 11 is 0. The second-order valence-corrected chi connectivity index (χ2v) is 13.6. The molecule has 2 amide bonds. The number of nitro groups is 1. The predicted octanol–water partition coefficient (Wildman–Crippen LogP) is 4.14. The van der Waals surface area contributed by atoms with Crippen LogP contribution in [-0.2, 0) is 20.8 Å². The summed E-state index contributed by atoms with van der Waals surface area (Å²) in [5.41, 5.74) is 5.94. The third-order valence-electron chi connectivity index (χ3n) is 7.32. The lowest BCUT2D eigenvalue weighted by molar-refractivity contribution is -0.384. The minimum absolute atomic E-state index is 0.0241. The second-order valence-electron chi connectivity index (χ2n) is 13.6. The van der Waals surface area contributed by atoms with Gasteiger partial charge in [0.25, 0.3) is 5.91 Å². The van der Waals surface area contributed by atoms with Crippen LogP contribution < -0.4 is 27.0 Å². The van der Waals surface area contributed by atoms with E-state index in [0.717, 1.165) is 37.4 Å². The van der Waals surface area contributed by atoms with Gasteiger partial charge < -0.3 is 36.5 Å². The topological polar surface area (TPSA) is 213 Å². The van der Waals surface area contributed by atoms with Gasteiger partial charge in [0.05, 0.1) is 4.92 Å². The Morgan fingerprint density at radius 3 is 2.30 bits per heavy atom. The van der Waals surface area contributed by atoms with Crippen molar-refractivity contribution in [1.29, 1.82) is 0 Å². The zero-order valence-corrected chi connectivity index (χ0v) is 28.1. The summed E-state index contributed by atoms with van der Waals surface area (Å²) < 4.78 is 10.6. The van der Waals surface area contributed by atoms with Crippen molar-refractivity contribution in [1.82, 2.24) is 20.6 Å². The molecule has 1 aliphatic carbocycles. The van der Waals surface area contributed by atoms with Crippen molar-refractivity contribution in [2.24, 2.45) is 17.6 Å². The summed E-state index contributed by atoms with van der Waals surface area (Å²) in [5.74, 6) is -0.158. The summed E-state index contributed by atoms with van der Waals surface area (Å²) in [6, 6.07) is 6.26. The Bertz CT molecular complexity index is 1400. The molecule has 0 saturated heterocycles. The normalized spacial score (nSPS) is 17.2. The largest absolute Gasteiger partial charge is 0.459 e. The summed E-state index contributed by atoms with van der Waals surface area (Å²) in [6.07, 6.45) is 3.72. The van der Waals surface area contributed by atoms with Crippen molar-refractivity contribution in [2.75, 3.05) is 30.3 Å². The molecule has 2 aromatic rings. The van der Waals surface area contributed by atoms with Crippen molar-refractivity contribution in [2.45, 2.75) is 91.0 Å². The van der Waals surface area contributed by atoms with Gasteiger partial charge in [-0.3, -0.25) is 19.7 Å². The Labute approximate surface area is 275 Å². The van der Waals surface area contributed by atoms with E-state index >= 15 is 0 Å². The highest BCUT2D eigenvalue weighted by molar-refractivity contribution is 5.94. The number of hydrogen-bond acceptors (Lipinski definition) is 12. The van der Waals surface area contributed by atoms with Crippen LogP contribution in [0.4, 0.5) is 22.2 Å². The van der Waals surface area contributed by atoms with E-state index in [1.807, 2.05) is 26.8 Å². The number of esters is 1. The van der Waals surface area contributed by atoms with Crippen molar-refractivity contribution in [3.05, 3.63) is 51.7 Å². The predicted molar refractivity (Wildman–Crippen MR) is 177 cm³/mol. The van der Waals surface area contributed by atoms with Crippen LogP contribution in [0.5, 0.6) is 0 Å². The Balaban J connectivity index is 1.51. The molecule has 15 heteroatoms. The zero-order chi connectivity index (χ0) is 34.8. The number of anilines is 2. The van der Waals surface area contributed by atoms with E-state index in [1.165, 1.54) is 0 Å². The maximum atomic E-state index is 12.6. The number of carbonyl (C=O) groups is 3. The van der Waals surface area contributed by atoms with E-state index in [1.54, 1.807) is 39.0 Å². The molecular formula is C32H48N8O7. The molecule has 0 aliphatic heterocycles. The van der Waals surface area contributed by atoms with E-state index in [-0.39, 0.29) is 54.8 Å². The molecule has 1 saturated carbocycles. The average molecular weight is 657 g/mol. The lowest BCUT2D eigenvalue weighted by atomic mass is 9.78. The number of ether oxygens (including phenoxy) is 2. The van der Waals surface area contributed by atoms with E-state index in [4.69, 9.17) is 15.2 Å². The standard InChI is InChI=1S/C32H48N8O7/c1-31(2,3)46-28(42)25(33)22-12-10-20(11-13-22)17-36-26-24(40(44)45)19-38-29(39-26)37-18-21-8-7-9-23(16-21)27(41)34-14-15-35-30(43)47-32(4,5)6/h7-9,16,19-20,22,25H,10-15,17-18,33H2,1-6H3,(H,34,41)(H,35,43)(H2,36,37,38,39). The van der Waals surface area contributed by atoms with Gasteiger partial charge in [0, 0.05) is 31.7 Å². The summed E-state index contributed by atoms with van der Waals surface area (Å²) in [5, 5.41) is 23.2. The molecule has 1 unspecified atom stereocenters. The number of nitrogens with one attached hydrogen (secondary N) is 4. The number of aromatic nitrogens is 2. The molecule has 258 valence electrons. The van der Waals surface area contributed by atoms with Crippen molar-refractivity contribution in [3.63, 3.8) is 0 Å². The van der Waals surface area contributed by atoms with Gasteiger partial charge in [-0.2, -0.15) is 4.98 Å². The highest BCUT2D eigenvalue weighted by atomic mass is 16.6. The third-order valence-corrected chi connectivity index (χ3v) is 7.32. The second kappa shape index (κ2) is 16.3. The van der Waals surface area contributed by atoms with Crippen LogP contribution in [-0.4, -0.2) is 69.7 Å². The Morgan fingerprint density at radius 1 is 1.00 bits per heavy atom. The Kier molecular flexibility index (Phi) is 12.8. The number of carbonyl (C=O) groups excluding carboxylic acids is 3. The molecule has 0 radical (unpaired) electrons. The van der Waals surface area contributed by atoms with Gasteiger partial charge in [-0.25, -0.2) is 9.78 Å². The molecule has 3 rings (SSSR count). The molecular weight excluding hydrogens is 608 g/mol. The fraction of sp³-hybridized carbons (Fsp3) is 0.594. The van der Waals surface area contributed by atoms with Crippen LogP contribution in [0.25, 0.3) is 0 Å². The van der Waals surface area contributed by atoms with Gasteiger partial charge in [-0.05, 0) is 96.8 Å². The summed E-state index contributed by atoms with van der Waals surface area (Å²) in [4.78, 5) is 56.4. The zero-order valence-electron chi connectivity index (χ0n) is 28.1. The highest BCUT2D eigenvalue weighted by Crippen LogP contribution is 2.32. The molecule has 1 heterocycles. The van der Waals surface area contributed by atoms with Gasteiger partial charge in [0.15, 0.2) is 0 Å². The van der Waals surface area contributed by atoms with Crippen molar-refractivity contribution in [3.8, 4) is 0 Å². The van der Waals surface area contributed by atoms with Crippen LogP contribution in [0, 0.1) is 22.0 Å². The number of alkyl carbamates (subject to hydrolysis) is 1. The maximum Gasteiger partial charge on any atom is 0.407 e. The van der Waals surface area contributed by atoms with Gasteiger partial charge in [-0.15, -0.1) is 0 Å².